The Morgan fingerprint density at radius 2 is 1.45 bits per heavy atom. The smallest absolute Gasteiger partial charge is 0.370 e. The number of alkyl halides is 3. The van der Waals surface area contributed by atoms with Crippen LogP contribution in [-0.4, -0.2) is 79.5 Å². The molecule has 0 radical (unpaired) electrons. The van der Waals surface area contributed by atoms with Gasteiger partial charge in [-0.15, -0.1) is 0 Å². The molecule has 11 heteroatoms. The maximum Gasteiger partial charge on any atom is 0.423 e. The van der Waals surface area contributed by atoms with Gasteiger partial charge in [0.1, 0.15) is 5.56 Å². The van der Waals surface area contributed by atoms with Crippen LogP contribution in [0.25, 0.3) is 0 Å². The highest BCUT2D eigenvalue weighted by molar-refractivity contribution is 5.76. The van der Waals surface area contributed by atoms with Gasteiger partial charge in [0.2, 0.25) is 5.91 Å². The Morgan fingerprint density at radius 3 is 2.05 bits per heavy atom. The summed E-state index contributed by atoms with van der Waals surface area (Å²) in [7, 11) is 0. The number of rotatable bonds is 6. The fourth-order valence-electron chi connectivity index (χ4n) is 5.35. The molecule has 1 amide bonds. The number of halogens is 3. The van der Waals surface area contributed by atoms with Crippen molar-refractivity contribution in [2.45, 2.75) is 45.2 Å². The molecular formula is C29H38F3N5O3. The van der Waals surface area contributed by atoms with E-state index >= 15 is 0 Å². The zero-order chi connectivity index (χ0) is 29.1. The van der Waals surface area contributed by atoms with Gasteiger partial charge < -0.3 is 14.7 Å². The molecule has 8 nitrogen and oxygen atoms in total. The van der Waals surface area contributed by atoms with E-state index in [1.54, 1.807) is 9.80 Å². The third-order valence-electron chi connectivity index (χ3n) is 7.81. The molecule has 0 N–H and O–H groups in total. The molecule has 4 rings (SSSR count). The number of piperazine rings is 1. The number of nitrogens with zero attached hydrogens (tertiary/aromatic N) is 5. The predicted octanol–water partition coefficient (Wildman–Crippen LogP) is 5.16. The average Bonchev–Trinajstić information content (AvgIpc) is 3.17. The van der Waals surface area contributed by atoms with E-state index in [1.807, 2.05) is 0 Å². The summed E-state index contributed by atoms with van der Waals surface area (Å²) < 4.78 is 40.3. The Morgan fingerprint density at radius 1 is 0.850 bits per heavy atom. The zero-order valence-electron chi connectivity index (χ0n) is 23.4. The summed E-state index contributed by atoms with van der Waals surface area (Å²) in [6.07, 6.45) is -3.82. The monoisotopic (exact) mass is 561 g/mol. The van der Waals surface area contributed by atoms with Crippen molar-refractivity contribution in [2.24, 2.45) is 0 Å². The van der Waals surface area contributed by atoms with Crippen molar-refractivity contribution in [2.75, 3.05) is 68.7 Å². The topological polar surface area (TPSA) is 73.2 Å². The van der Waals surface area contributed by atoms with Crippen molar-refractivity contribution >= 4 is 23.0 Å². The van der Waals surface area contributed by atoms with Gasteiger partial charge in [-0.2, -0.15) is 13.2 Å². The summed E-state index contributed by atoms with van der Waals surface area (Å²) >= 11 is 0. The number of amides is 1. The molecule has 0 unspecified atom stereocenters. The van der Waals surface area contributed by atoms with Gasteiger partial charge in [-0.3, -0.25) is 19.8 Å². The molecule has 0 atom stereocenters. The van der Waals surface area contributed by atoms with Crippen LogP contribution in [0.1, 0.15) is 44.7 Å². The van der Waals surface area contributed by atoms with Crippen LogP contribution in [0.15, 0.2) is 42.5 Å². The average molecular weight is 562 g/mol. The Kier molecular flexibility index (Phi) is 8.92. The van der Waals surface area contributed by atoms with E-state index in [9.17, 15) is 28.1 Å². The van der Waals surface area contributed by atoms with Gasteiger partial charge in [-0.1, -0.05) is 32.9 Å². The van der Waals surface area contributed by atoms with E-state index in [-0.39, 0.29) is 17.0 Å². The van der Waals surface area contributed by atoms with Crippen LogP contribution in [0.2, 0.25) is 0 Å². The molecule has 2 fully saturated rings. The first-order valence-corrected chi connectivity index (χ1v) is 13.8. The standard InChI is InChI=1S/C29H38F3N5O3/c1-28(2,3)22-5-7-23(8-6-22)35-17-15-33(16-18-35)14-11-27(38)36-13-4-12-34(19-20-36)24-9-10-26(37(39)40)25(21-24)29(30,31)32/h5-10,21H,4,11-20H2,1-3H3. The molecule has 0 saturated carbocycles. The van der Waals surface area contributed by atoms with Gasteiger partial charge >= 0.3 is 6.18 Å². The third-order valence-corrected chi connectivity index (χ3v) is 7.81. The van der Waals surface area contributed by atoms with Crippen LogP contribution in [0.3, 0.4) is 0 Å². The van der Waals surface area contributed by atoms with Crippen molar-refractivity contribution in [1.29, 1.82) is 0 Å². The lowest BCUT2D eigenvalue weighted by molar-refractivity contribution is -0.388. The number of nitro groups is 1. The SMILES string of the molecule is CC(C)(C)c1ccc(N2CCN(CCC(=O)N3CCCN(c4ccc([N+](=O)[O-])c(C(F)(F)F)c4)CC3)CC2)cc1. The quantitative estimate of drug-likeness (QED) is 0.358. The van der Waals surface area contributed by atoms with Gasteiger partial charge in [0.05, 0.1) is 4.92 Å². The molecule has 2 aliphatic heterocycles. The molecule has 0 spiro atoms. The van der Waals surface area contributed by atoms with Crippen LogP contribution in [0.5, 0.6) is 0 Å². The number of carbonyl (C=O) groups excluding carboxylic acids is 1. The molecular weight excluding hydrogens is 523 g/mol. The van der Waals surface area contributed by atoms with E-state index < -0.39 is 22.4 Å². The van der Waals surface area contributed by atoms with Crippen LogP contribution >= 0.6 is 0 Å². The van der Waals surface area contributed by atoms with Crippen molar-refractivity contribution in [3.63, 3.8) is 0 Å². The molecule has 0 bridgehead atoms. The van der Waals surface area contributed by atoms with E-state index in [0.29, 0.717) is 45.6 Å². The van der Waals surface area contributed by atoms with Gasteiger partial charge in [0.15, 0.2) is 0 Å². The third kappa shape index (κ3) is 7.24. The van der Waals surface area contributed by atoms with E-state index in [4.69, 9.17) is 0 Å². The maximum atomic E-state index is 13.4. The lowest BCUT2D eigenvalue weighted by Crippen LogP contribution is -2.47. The van der Waals surface area contributed by atoms with Gasteiger partial charge in [0, 0.05) is 82.8 Å². The van der Waals surface area contributed by atoms with Crippen molar-refractivity contribution in [3.05, 3.63) is 63.7 Å². The second kappa shape index (κ2) is 12.0. The van der Waals surface area contributed by atoms with Crippen molar-refractivity contribution in [1.82, 2.24) is 9.80 Å². The highest BCUT2D eigenvalue weighted by atomic mass is 19.4. The summed E-state index contributed by atoms with van der Waals surface area (Å²) in [5, 5.41) is 11.1. The van der Waals surface area contributed by atoms with Gasteiger partial charge in [0.25, 0.3) is 5.69 Å². The summed E-state index contributed by atoms with van der Waals surface area (Å²) in [4.78, 5) is 31.3. The Bertz CT molecular complexity index is 1190. The van der Waals surface area contributed by atoms with Crippen molar-refractivity contribution in [3.8, 4) is 0 Å². The number of nitro benzene ring substituents is 1. The normalized spacial score (nSPS) is 17.6. The molecule has 2 saturated heterocycles. The first kappa shape index (κ1) is 29.6. The molecule has 0 aromatic heterocycles. The first-order chi connectivity index (χ1) is 18.8. The number of hydrogen-bond donors (Lipinski definition) is 0. The van der Waals surface area contributed by atoms with Crippen LogP contribution in [-0.2, 0) is 16.4 Å². The van der Waals surface area contributed by atoms with Crippen molar-refractivity contribution < 1.29 is 22.9 Å². The molecule has 40 heavy (non-hydrogen) atoms. The molecule has 2 aromatic carbocycles. The summed E-state index contributed by atoms with van der Waals surface area (Å²) in [5.41, 5.74) is 0.711. The minimum absolute atomic E-state index is 0.0433. The second-order valence-electron chi connectivity index (χ2n) is 11.6. The van der Waals surface area contributed by atoms with Gasteiger partial charge in [-0.05, 0) is 41.7 Å². The summed E-state index contributed by atoms with van der Waals surface area (Å²) in [5.74, 6) is 0.0433. The van der Waals surface area contributed by atoms with Crippen LogP contribution in [0.4, 0.5) is 30.2 Å². The Labute approximate surface area is 233 Å². The summed E-state index contributed by atoms with van der Waals surface area (Å²) in [6, 6.07) is 11.9. The van der Waals surface area contributed by atoms with E-state index in [1.165, 1.54) is 17.3 Å². The van der Waals surface area contributed by atoms with E-state index in [2.05, 4.69) is 54.8 Å². The highest BCUT2D eigenvalue weighted by Crippen LogP contribution is 2.38. The number of anilines is 2. The largest absolute Gasteiger partial charge is 0.423 e. The number of benzene rings is 2. The van der Waals surface area contributed by atoms with Gasteiger partial charge in [-0.25, -0.2) is 0 Å². The molecule has 218 valence electrons. The Hall–Kier alpha value is -3.34. The Balaban J connectivity index is 1.26. The lowest BCUT2D eigenvalue weighted by Gasteiger charge is -2.36. The number of hydrogen-bond acceptors (Lipinski definition) is 6. The molecule has 0 aliphatic carbocycles. The minimum atomic E-state index is -4.82. The fraction of sp³-hybridized carbons (Fsp3) is 0.552. The van der Waals surface area contributed by atoms with Crippen LogP contribution < -0.4 is 9.80 Å². The molecule has 2 aliphatic rings. The zero-order valence-corrected chi connectivity index (χ0v) is 23.4. The molecule has 2 heterocycles. The predicted molar refractivity (Wildman–Crippen MR) is 150 cm³/mol. The second-order valence-corrected chi connectivity index (χ2v) is 11.6. The lowest BCUT2D eigenvalue weighted by atomic mass is 9.87. The summed E-state index contributed by atoms with van der Waals surface area (Å²) in [6.45, 7) is 12.6. The van der Waals surface area contributed by atoms with E-state index in [0.717, 1.165) is 38.3 Å². The minimum Gasteiger partial charge on any atom is -0.370 e. The maximum absolute atomic E-state index is 13.4. The first-order valence-electron chi connectivity index (χ1n) is 13.8. The highest BCUT2D eigenvalue weighted by Gasteiger charge is 2.39. The number of carbonyl (C=O) groups is 1. The molecule has 2 aromatic rings. The fourth-order valence-corrected chi connectivity index (χ4v) is 5.35. The van der Waals surface area contributed by atoms with Crippen LogP contribution in [0, 0.1) is 10.1 Å².